The zero-order valence-corrected chi connectivity index (χ0v) is 7.28. The highest BCUT2D eigenvalue weighted by Gasteiger charge is 2.35. The number of aliphatic carboxylic acids is 1. The Balaban J connectivity index is 2.80. The molecule has 1 heterocycles. The number of hydrogen-bond donors (Lipinski definition) is 2. The first-order valence-electron chi connectivity index (χ1n) is 3.87. The van der Waals surface area contributed by atoms with Gasteiger partial charge in [0.2, 0.25) is 5.76 Å². The zero-order chi connectivity index (χ0) is 11.6. The van der Waals surface area contributed by atoms with Gasteiger partial charge in [0.25, 0.3) is 0 Å². The van der Waals surface area contributed by atoms with Crippen molar-refractivity contribution in [1.29, 1.82) is 0 Å². The minimum Gasteiger partial charge on any atom is -0.481 e. The van der Waals surface area contributed by atoms with Gasteiger partial charge in [-0.1, -0.05) is 0 Å². The van der Waals surface area contributed by atoms with Gasteiger partial charge in [-0.15, -0.1) is 0 Å². The van der Waals surface area contributed by atoms with E-state index in [1.807, 2.05) is 0 Å². The standard InChI is InChI=1S/C8H7F3O4/c9-8(10,11)6-2-1-5(15-6)4(12)3-7(13)14/h1-2,4,12H,3H2,(H,13,14)/t4-/m1/s1. The van der Waals surface area contributed by atoms with E-state index in [4.69, 9.17) is 10.2 Å². The normalized spacial score (nSPS) is 13.9. The Labute approximate surface area is 81.9 Å². The summed E-state index contributed by atoms with van der Waals surface area (Å²) in [7, 11) is 0. The molecule has 0 spiro atoms. The number of aliphatic hydroxyl groups is 1. The summed E-state index contributed by atoms with van der Waals surface area (Å²) in [6.07, 6.45) is -6.91. The summed E-state index contributed by atoms with van der Waals surface area (Å²) in [4.78, 5) is 10.2. The average Bonchev–Trinajstić information content (AvgIpc) is 2.48. The fourth-order valence-electron chi connectivity index (χ4n) is 0.950. The monoisotopic (exact) mass is 224 g/mol. The molecular formula is C8H7F3O4. The predicted octanol–water partition coefficient (Wildman–Crippen LogP) is 1.81. The molecule has 0 aliphatic carbocycles. The second kappa shape index (κ2) is 3.93. The van der Waals surface area contributed by atoms with Crippen LogP contribution in [0.25, 0.3) is 0 Å². The highest BCUT2D eigenvalue weighted by molar-refractivity contribution is 5.67. The Kier molecular flexibility index (Phi) is 3.04. The molecule has 7 heteroatoms. The van der Waals surface area contributed by atoms with Crippen molar-refractivity contribution in [2.75, 3.05) is 0 Å². The van der Waals surface area contributed by atoms with E-state index >= 15 is 0 Å². The Morgan fingerprint density at radius 3 is 2.47 bits per heavy atom. The number of alkyl halides is 3. The van der Waals surface area contributed by atoms with Crippen LogP contribution >= 0.6 is 0 Å². The van der Waals surface area contributed by atoms with E-state index in [-0.39, 0.29) is 0 Å². The summed E-state index contributed by atoms with van der Waals surface area (Å²) < 4.78 is 40.4. The quantitative estimate of drug-likeness (QED) is 0.821. The van der Waals surface area contributed by atoms with Crippen LogP contribution in [0.4, 0.5) is 13.2 Å². The number of halogens is 3. The van der Waals surface area contributed by atoms with Gasteiger partial charge in [-0.05, 0) is 12.1 Å². The zero-order valence-electron chi connectivity index (χ0n) is 7.28. The molecule has 1 atom stereocenters. The first kappa shape index (κ1) is 11.6. The highest BCUT2D eigenvalue weighted by atomic mass is 19.4. The third-order valence-electron chi connectivity index (χ3n) is 1.60. The van der Waals surface area contributed by atoms with Crippen LogP contribution in [-0.2, 0) is 11.0 Å². The van der Waals surface area contributed by atoms with E-state index < -0.39 is 36.2 Å². The second-order valence-electron chi connectivity index (χ2n) is 2.81. The summed E-state index contributed by atoms with van der Waals surface area (Å²) >= 11 is 0. The summed E-state index contributed by atoms with van der Waals surface area (Å²) in [6, 6.07) is 1.54. The molecule has 1 aromatic heterocycles. The smallest absolute Gasteiger partial charge is 0.449 e. The van der Waals surface area contributed by atoms with Crippen LogP contribution in [0.5, 0.6) is 0 Å². The summed E-state index contributed by atoms with van der Waals surface area (Å²) in [5.41, 5.74) is 0. The van der Waals surface area contributed by atoms with Crippen LogP contribution in [0, 0.1) is 0 Å². The van der Waals surface area contributed by atoms with Gasteiger partial charge in [0.05, 0.1) is 6.42 Å². The van der Waals surface area contributed by atoms with Crippen LogP contribution in [-0.4, -0.2) is 16.2 Å². The molecule has 0 aliphatic rings. The molecule has 15 heavy (non-hydrogen) atoms. The second-order valence-corrected chi connectivity index (χ2v) is 2.81. The largest absolute Gasteiger partial charge is 0.481 e. The van der Waals surface area contributed by atoms with Crippen molar-refractivity contribution >= 4 is 5.97 Å². The van der Waals surface area contributed by atoms with Gasteiger partial charge in [-0.2, -0.15) is 13.2 Å². The molecule has 84 valence electrons. The molecule has 2 N–H and O–H groups in total. The van der Waals surface area contributed by atoms with E-state index in [0.717, 1.165) is 6.07 Å². The molecule has 0 saturated heterocycles. The lowest BCUT2D eigenvalue weighted by molar-refractivity contribution is -0.154. The van der Waals surface area contributed by atoms with Gasteiger partial charge in [0, 0.05) is 0 Å². The lowest BCUT2D eigenvalue weighted by Gasteiger charge is -2.04. The maximum Gasteiger partial charge on any atom is 0.449 e. The highest BCUT2D eigenvalue weighted by Crippen LogP contribution is 2.32. The van der Waals surface area contributed by atoms with Gasteiger partial charge in [-0.25, -0.2) is 0 Å². The van der Waals surface area contributed by atoms with Crippen LogP contribution in [0.3, 0.4) is 0 Å². The number of furan rings is 1. The van der Waals surface area contributed by atoms with Crippen LogP contribution < -0.4 is 0 Å². The maximum atomic E-state index is 12.0. The molecule has 0 amide bonds. The molecule has 4 nitrogen and oxygen atoms in total. The first-order valence-corrected chi connectivity index (χ1v) is 3.87. The molecule has 0 fully saturated rings. The molecule has 0 aliphatic heterocycles. The van der Waals surface area contributed by atoms with Gasteiger partial charge >= 0.3 is 12.1 Å². The third-order valence-corrected chi connectivity index (χ3v) is 1.60. The first-order chi connectivity index (χ1) is 6.80. The van der Waals surface area contributed by atoms with Crippen molar-refractivity contribution in [3.05, 3.63) is 23.7 Å². The number of carbonyl (C=O) groups is 1. The topological polar surface area (TPSA) is 70.7 Å². The van der Waals surface area contributed by atoms with E-state index in [2.05, 4.69) is 4.42 Å². The molecule has 0 aromatic carbocycles. The third kappa shape index (κ3) is 2.98. The minimum atomic E-state index is -4.64. The molecule has 1 rings (SSSR count). The maximum absolute atomic E-state index is 12.0. The molecule has 0 radical (unpaired) electrons. The summed E-state index contributed by atoms with van der Waals surface area (Å²) in [5.74, 6) is -3.00. The Bertz CT molecular complexity index is 355. The van der Waals surface area contributed by atoms with Gasteiger partial charge in [0.15, 0.2) is 0 Å². The van der Waals surface area contributed by atoms with Gasteiger partial charge < -0.3 is 14.6 Å². The molecule has 1 aromatic rings. The predicted molar refractivity (Wildman–Crippen MR) is 40.9 cm³/mol. The van der Waals surface area contributed by atoms with Crippen molar-refractivity contribution in [1.82, 2.24) is 0 Å². The van der Waals surface area contributed by atoms with E-state index in [1.54, 1.807) is 0 Å². The SMILES string of the molecule is O=C(O)C[C@@H](O)c1ccc(C(F)(F)F)o1. The number of rotatable bonds is 3. The Hall–Kier alpha value is -1.50. The number of aliphatic hydroxyl groups excluding tert-OH is 1. The Morgan fingerprint density at radius 2 is 2.07 bits per heavy atom. The molecular weight excluding hydrogens is 217 g/mol. The van der Waals surface area contributed by atoms with Crippen molar-refractivity contribution in [3.63, 3.8) is 0 Å². The lowest BCUT2D eigenvalue weighted by Crippen LogP contribution is -2.05. The fourth-order valence-corrected chi connectivity index (χ4v) is 0.950. The van der Waals surface area contributed by atoms with Crippen LogP contribution in [0.15, 0.2) is 16.5 Å². The molecule has 0 unspecified atom stereocenters. The average molecular weight is 224 g/mol. The number of carboxylic acids is 1. The molecule has 0 bridgehead atoms. The van der Waals surface area contributed by atoms with Crippen molar-refractivity contribution in [3.8, 4) is 0 Å². The molecule has 0 saturated carbocycles. The van der Waals surface area contributed by atoms with Crippen molar-refractivity contribution in [2.24, 2.45) is 0 Å². The van der Waals surface area contributed by atoms with Crippen LogP contribution in [0.2, 0.25) is 0 Å². The van der Waals surface area contributed by atoms with Gasteiger partial charge in [-0.3, -0.25) is 4.79 Å². The summed E-state index contributed by atoms with van der Waals surface area (Å²) in [5, 5.41) is 17.4. The van der Waals surface area contributed by atoms with Crippen molar-refractivity contribution < 1.29 is 32.6 Å². The van der Waals surface area contributed by atoms with E-state index in [1.165, 1.54) is 0 Å². The van der Waals surface area contributed by atoms with Crippen LogP contribution in [0.1, 0.15) is 24.0 Å². The fraction of sp³-hybridized carbons (Fsp3) is 0.375. The van der Waals surface area contributed by atoms with Crippen molar-refractivity contribution in [2.45, 2.75) is 18.7 Å². The number of carboxylic acid groups (broad SMARTS) is 1. The lowest BCUT2D eigenvalue weighted by atomic mass is 10.2. The Morgan fingerprint density at radius 1 is 1.47 bits per heavy atom. The number of hydrogen-bond acceptors (Lipinski definition) is 3. The summed E-state index contributed by atoms with van der Waals surface area (Å²) in [6.45, 7) is 0. The minimum absolute atomic E-state index is 0.412. The van der Waals surface area contributed by atoms with Gasteiger partial charge in [0.1, 0.15) is 11.9 Å². The van der Waals surface area contributed by atoms with E-state index in [9.17, 15) is 18.0 Å². The van der Waals surface area contributed by atoms with E-state index in [0.29, 0.717) is 6.07 Å².